The van der Waals surface area contributed by atoms with Gasteiger partial charge in [-0.1, -0.05) is 0 Å². The van der Waals surface area contributed by atoms with Crippen molar-refractivity contribution in [2.45, 2.75) is 6.42 Å². The summed E-state index contributed by atoms with van der Waals surface area (Å²) in [6, 6.07) is 0. The van der Waals surface area contributed by atoms with Crippen LogP contribution in [0.3, 0.4) is 0 Å². The van der Waals surface area contributed by atoms with Gasteiger partial charge in [-0.2, -0.15) is 15.0 Å². The minimum Gasteiger partial charge on any atom is -0.385 e. The Bertz CT molecular complexity index is 349. The summed E-state index contributed by atoms with van der Waals surface area (Å²) in [5.41, 5.74) is 10.9. The summed E-state index contributed by atoms with van der Waals surface area (Å²) in [5, 5.41) is 9.19. The summed E-state index contributed by atoms with van der Waals surface area (Å²) in [6.45, 7) is 3.63. The molecular weight excluding hydrogens is 260 g/mol. The highest BCUT2D eigenvalue weighted by Crippen LogP contribution is 2.08. The first-order valence-corrected chi connectivity index (χ1v) is 6.67. The van der Waals surface area contributed by atoms with Crippen LogP contribution in [0.4, 0.5) is 17.8 Å². The molecule has 0 aliphatic carbocycles. The summed E-state index contributed by atoms with van der Waals surface area (Å²) in [6.07, 6.45) is 0.874. The molecular formula is C11H24N8O. The molecule has 1 aromatic rings. The van der Waals surface area contributed by atoms with Crippen LogP contribution in [0.15, 0.2) is 0 Å². The van der Waals surface area contributed by atoms with E-state index in [2.05, 4.69) is 30.9 Å². The largest absolute Gasteiger partial charge is 0.385 e. The molecule has 0 saturated heterocycles. The Kier molecular flexibility index (Phi) is 8.27. The standard InChI is InChI=1S/C11H24N8O/c1-20-8-2-5-14-9-17-10(15-6-3-12)19-11(18-9)16-7-4-13/h2-8,12-13H2,1H3,(H3,14,15,16,17,18,19). The van der Waals surface area contributed by atoms with Gasteiger partial charge >= 0.3 is 0 Å². The van der Waals surface area contributed by atoms with Gasteiger partial charge in [-0.25, -0.2) is 0 Å². The van der Waals surface area contributed by atoms with E-state index in [0.29, 0.717) is 50.6 Å². The van der Waals surface area contributed by atoms with Crippen LogP contribution < -0.4 is 27.4 Å². The van der Waals surface area contributed by atoms with Gasteiger partial charge in [0.15, 0.2) is 0 Å². The second kappa shape index (κ2) is 10.1. The number of rotatable bonds is 11. The summed E-state index contributed by atoms with van der Waals surface area (Å²) in [7, 11) is 1.67. The fraction of sp³-hybridized carbons (Fsp3) is 0.727. The molecule has 0 saturated carbocycles. The molecule has 114 valence electrons. The van der Waals surface area contributed by atoms with Crippen molar-refractivity contribution in [1.82, 2.24) is 15.0 Å². The maximum Gasteiger partial charge on any atom is 0.229 e. The summed E-state index contributed by atoms with van der Waals surface area (Å²) >= 11 is 0. The third-order valence-electron chi connectivity index (χ3n) is 2.30. The number of aromatic nitrogens is 3. The van der Waals surface area contributed by atoms with Gasteiger partial charge in [0.25, 0.3) is 0 Å². The van der Waals surface area contributed by atoms with Crippen molar-refractivity contribution in [1.29, 1.82) is 0 Å². The Morgan fingerprint density at radius 3 is 1.70 bits per heavy atom. The summed E-state index contributed by atoms with van der Waals surface area (Å²) in [5.74, 6) is 1.48. The molecule has 9 nitrogen and oxygen atoms in total. The van der Waals surface area contributed by atoms with Gasteiger partial charge < -0.3 is 32.2 Å². The molecule has 0 amide bonds. The molecule has 0 spiro atoms. The smallest absolute Gasteiger partial charge is 0.229 e. The number of hydrogen-bond donors (Lipinski definition) is 5. The SMILES string of the molecule is COCCCNc1nc(NCCN)nc(NCCN)n1. The molecule has 0 aromatic carbocycles. The molecule has 0 atom stereocenters. The van der Waals surface area contributed by atoms with Gasteiger partial charge in [0.05, 0.1) is 0 Å². The number of ether oxygens (including phenoxy) is 1. The third-order valence-corrected chi connectivity index (χ3v) is 2.30. The zero-order valence-corrected chi connectivity index (χ0v) is 11.9. The monoisotopic (exact) mass is 284 g/mol. The second-order valence-corrected chi connectivity index (χ2v) is 4.01. The fourth-order valence-electron chi connectivity index (χ4n) is 1.40. The normalized spacial score (nSPS) is 10.3. The van der Waals surface area contributed by atoms with Crippen LogP contribution in [0, 0.1) is 0 Å². The van der Waals surface area contributed by atoms with Crippen LogP contribution in [0.5, 0.6) is 0 Å². The average Bonchev–Trinajstić information content (AvgIpc) is 2.47. The zero-order valence-electron chi connectivity index (χ0n) is 11.9. The van der Waals surface area contributed by atoms with E-state index in [1.807, 2.05) is 0 Å². The van der Waals surface area contributed by atoms with Gasteiger partial charge in [0, 0.05) is 46.4 Å². The Morgan fingerprint density at radius 2 is 1.30 bits per heavy atom. The van der Waals surface area contributed by atoms with Crippen LogP contribution in [-0.2, 0) is 4.74 Å². The van der Waals surface area contributed by atoms with E-state index in [4.69, 9.17) is 16.2 Å². The topological polar surface area (TPSA) is 136 Å². The maximum absolute atomic E-state index is 5.45. The van der Waals surface area contributed by atoms with Crippen LogP contribution in [0.2, 0.25) is 0 Å². The lowest BCUT2D eigenvalue weighted by Crippen LogP contribution is -2.19. The van der Waals surface area contributed by atoms with E-state index in [0.717, 1.165) is 13.0 Å². The number of hydrogen-bond acceptors (Lipinski definition) is 9. The van der Waals surface area contributed by atoms with Crippen molar-refractivity contribution >= 4 is 17.8 Å². The Morgan fingerprint density at radius 1 is 0.850 bits per heavy atom. The number of nitrogens with two attached hydrogens (primary N) is 2. The molecule has 9 heteroatoms. The average molecular weight is 284 g/mol. The highest BCUT2D eigenvalue weighted by atomic mass is 16.5. The summed E-state index contributed by atoms with van der Waals surface area (Å²) in [4.78, 5) is 12.8. The third kappa shape index (κ3) is 6.45. The predicted molar refractivity (Wildman–Crippen MR) is 79.9 cm³/mol. The maximum atomic E-state index is 5.45. The minimum atomic E-state index is 0.485. The highest BCUT2D eigenvalue weighted by Gasteiger charge is 2.05. The molecule has 0 aliphatic heterocycles. The van der Waals surface area contributed by atoms with E-state index in [1.54, 1.807) is 7.11 Å². The molecule has 1 heterocycles. The Hall–Kier alpha value is -1.71. The lowest BCUT2D eigenvalue weighted by Gasteiger charge is -2.10. The first kappa shape index (κ1) is 16.3. The van der Waals surface area contributed by atoms with E-state index in [9.17, 15) is 0 Å². The van der Waals surface area contributed by atoms with E-state index < -0.39 is 0 Å². The van der Waals surface area contributed by atoms with Crippen LogP contribution >= 0.6 is 0 Å². The first-order chi connectivity index (χ1) is 9.80. The predicted octanol–water partition coefficient (Wildman–Crippen LogP) is -0.939. The van der Waals surface area contributed by atoms with Crippen molar-refractivity contribution in [3.63, 3.8) is 0 Å². The van der Waals surface area contributed by atoms with Crippen LogP contribution in [0.1, 0.15) is 6.42 Å². The molecule has 0 bridgehead atoms. The lowest BCUT2D eigenvalue weighted by molar-refractivity contribution is 0.197. The van der Waals surface area contributed by atoms with E-state index in [1.165, 1.54) is 0 Å². The van der Waals surface area contributed by atoms with Gasteiger partial charge in [-0.05, 0) is 6.42 Å². The quantitative estimate of drug-likeness (QED) is 0.326. The lowest BCUT2D eigenvalue weighted by atomic mass is 10.4. The number of nitrogens with zero attached hydrogens (tertiary/aromatic N) is 3. The van der Waals surface area contributed by atoms with Crippen molar-refractivity contribution in [3.05, 3.63) is 0 Å². The molecule has 7 N–H and O–H groups in total. The number of anilines is 3. The van der Waals surface area contributed by atoms with E-state index in [-0.39, 0.29) is 0 Å². The molecule has 1 rings (SSSR count). The first-order valence-electron chi connectivity index (χ1n) is 6.67. The molecule has 0 aliphatic rings. The van der Waals surface area contributed by atoms with Crippen molar-refractivity contribution in [3.8, 4) is 0 Å². The summed E-state index contributed by atoms with van der Waals surface area (Å²) < 4.78 is 4.99. The molecule has 0 fully saturated rings. The van der Waals surface area contributed by atoms with Gasteiger partial charge in [-0.15, -0.1) is 0 Å². The second-order valence-electron chi connectivity index (χ2n) is 4.01. The number of nitrogens with one attached hydrogen (secondary N) is 3. The van der Waals surface area contributed by atoms with Gasteiger partial charge in [0.1, 0.15) is 0 Å². The van der Waals surface area contributed by atoms with Gasteiger partial charge in [-0.3, -0.25) is 0 Å². The molecule has 0 unspecified atom stereocenters. The van der Waals surface area contributed by atoms with Crippen molar-refractivity contribution in [2.75, 3.05) is 62.4 Å². The molecule has 20 heavy (non-hydrogen) atoms. The molecule has 1 aromatic heterocycles. The molecule has 0 radical (unpaired) electrons. The Balaban J connectivity index is 2.64. The zero-order chi connectivity index (χ0) is 14.6. The fourth-order valence-corrected chi connectivity index (χ4v) is 1.40. The van der Waals surface area contributed by atoms with Crippen molar-refractivity contribution in [2.24, 2.45) is 11.5 Å². The van der Waals surface area contributed by atoms with Crippen LogP contribution in [0.25, 0.3) is 0 Å². The Labute approximate surface area is 118 Å². The minimum absolute atomic E-state index is 0.485. The van der Waals surface area contributed by atoms with E-state index >= 15 is 0 Å². The van der Waals surface area contributed by atoms with Crippen molar-refractivity contribution < 1.29 is 4.74 Å². The van der Waals surface area contributed by atoms with Gasteiger partial charge in [0.2, 0.25) is 17.8 Å². The highest BCUT2D eigenvalue weighted by molar-refractivity contribution is 5.42. The number of methoxy groups -OCH3 is 1. The van der Waals surface area contributed by atoms with Crippen LogP contribution in [-0.4, -0.2) is 61.4 Å².